The third kappa shape index (κ3) is 4.80. The fourth-order valence-corrected chi connectivity index (χ4v) is 2.56. The third-order valence-electron chi connectivity index (χ3n) is 2.70. The molecule has 0 fully saturated rings. The van der Waals surface area contributed by atoms with E-state index < -0.39 is 10.0 Å². The maximum Gasteiger partial charge on any atom is 0.240 e. The molecule has 0 bridgehead atoms. The zero-order valence-electron chi connectivity index (χ0n) is 11.1. The van der Waals surface area contributed by atoms with Gasteiger partial charge in [-0.25, -0.2) is 13.1 Å². The van der Waals surface area contributed by atoms with Crippen LogP contribution in [0.25, 0.3) is 0 Å². The van der Waals surface area contributed by atoms with E-state index in [-0.39, 0.29) is 23.3 Å². The van der Waals surface area contributed by atoms with Crippen molar-refractivity contribution in [1.82, 2.24) is 10.0 Å². The highest BCUT2D eigenvalue weighted by Gasteiger charge is 2.15. The molecule has 1 aromatic rings. The average molecular weight is 304 g/mol. The van der Waals surface area contributed by atoms with Crippen LogP contribution in [0.15, 0.2) is 23.1 Å². The molecule has 1 atom stereocenters. The first-order chi connectivity index (χ1) is 8.40. The van der Waals surface area contributed by atoms with Crippen molar-refractivity contribution in [3.8, 4) is 6.07 Å². The average Bonchev–Trinajstić information content (AvgIpc) is 2.35. The first-order valence-corrected chi connectivity index (χ1v) is 7.06. The zero-order chi connectivity index (χ0) is 13.8. The predicted molar refractivity (Wildman–Crippen MR) is 76.9 cm³/mol. The largest absolute Gasteiger partial charge is 0.316 e. The van der Waals surface area contributed by atoms with Crippen LogP contribution in [-0.4, -0.2) is 28.1 Å². The maximum absolute atomic E-state index is 12.0. The van der Waals surface area contributed by atoms with Crippen LogP contribution in [0.4, 0.5) is 0 Å². The van der Waals surface area contributed by atoms with Crippen LogP contribution in [0.3, 0.4) is 0 Å². The molecule has 1 aromatic carbocycles. The van der Waals surface area contributed by atoms with Crippen molar-refractivity contribution in [2.45, 2.75) is 24.8 Å². The van der Waals surface area contributed by atoms with Gasteiger partial charge in [0.25, 0.3) is 0 Å². The minimum atomic E-state index is -3.51. The molecular formula is C12H18ClN3O2S. The van der Waals surface area contributed by atoms with E-state index in [0.717, 1.165) is 0 Å². The van der Waals surface area contributed by atoms with E-state index in [1.807, 2.05) is 13.0 Å². The van der Waals surface area contributed by atoms with Crippen molar-refractivity contribution < 1.29 is 8.42 Å². The predicted octanol–water partition coefficient (Wildman–Crippen LogP) is 1.17. The molecule has 0 aromatic heterocycles. The Morgan fingerprint density at radius 1 is 1.42 bits per heavy atom. The van der Waals surface area contributed by atoms with Gasteiger partial charge in [0.2, 0.25) is 10.0 Å². The van der Waals surface area contributed by atoms with E-state index in [2.05, 4.69) is 10.0 Å². The molecule has 0 heterocycles. The summed E-state index contributed by atoms with van der Waals surface area (Å²) in [4.78, 5) is 0.183. The summed E-state index contributed by atoms with van der Waals surface area (Å²) < 4.78 is 26.5. The molecule has 0 spiro atoms. The molecule has 0 radical (unpaired) electrons. The lowest BCUT2D eigenvalue weighted by Gasteiger charge is -2.12. The van der Waals surface area contributed by atoms with Gasteiger partial charge < -0.3 is 5.32 Å². The molecule has 106 valence electrons. The van der Waals surface area contributed by atoms with Crippen LogP contribution in [0.1, 0.15) is 18.1 Å². The van der Waals surface area contributed by atoms with E-state index >= 15 is 0 Å². The van der Waals surface area contributed by atoms with E-state index in [0.29, 0.717) is 17.7 Å². The van der Waals surface area contributed by atoms with Crippen molar-refractivity contribution in [3.63, 3.8) is 0 Å². The van der Waals surface area contributed by atoms with Crippen molar-refractivity contribution >= 4 is 22.4 Å². The third-order valence-corrected chi connectivity index (χ3v) is 4.12. The normalized spacial score (nSPS) is 12.3. The Labute approximate surface area is 120 Å². The zero-order valence-corrected chi connectivity index (χ0v) is 12.7. The lowest BCUT2D eigenvalue weighted by molar-refractivity contribution is 0.554. The van der Waals surface area contributed by atoms with Gasteiger partial charge in [0.15, 0.2) is 0 Å². The van der Waals surface area contributed by atoms with Gasteiger partial charge in [-0.2, -0.15) is 5.26 Å². The lowest BCUT2D eigenvalue weighted by Crippen LogP contribution is -2.37. The molecule has 7 heteroatoms. The van der Waals surface area contributed by atoms with Crippen molar-refractivity contribution in [2.75, 3.05) is 13.6 Å². The van der Waals surface area contributed by atoms with E-state index in [1.54, 1.807) is 14.0 Å². The second-order valence-electron chi connectivity index (χ2n) is 4.13. The van der Waals surface area contributed by atoms with Gasteiger partial charge in [-0.3, -0.25) is 0 Å². The number of nitriles is 1. The number of halogens is 1. The summed E-state index contributed by atoms with van der Waals surface area (Å²) in [6.45, 7) is 3.91. The first kappa shape index (κ1) is 17.9. The number of aryl methyl sites for hydroxylation is 1. The molecule has 5 nitrogen and oxygen atoms in total. The standard InChI is InChI=1S/C12H17N3O2S.ClH/c1-9-6-12(5-4-11(9)7-13)18(16,17)15-8-10(2)14-3;/h4-6,10,14-15H,8H2,1-3H3;1H. The van der Waals surface area contributed by atoms with E-state index in [9.17, 15) is 8.42 Å². The number of likely N-dealkylation sites (N-methyl/N-ethyl adjacent to an activating group) is 1. The molecule has 1 rings (SSSR count). The van der Waals surface area contributed by atoms with Crippen LogP contribution >= 0.6 is 12.4 Å². The van der Waals surface area contributed by atoms with E-state index in [4.69, 9.17) is 5.26 Å². The maximum atomic E-state index is 12.0. The quantitative estimate of drug-likeness (QED) is 0.855. The monoisotopic (exact) mass is 303 g/mol. The Kier molecular flexibility index (Phi) is 7.01. The number of hydrogen-bond acceptors (Lipinski definition) is 4. The second-order valence-corrected chi connectivity index (χ2v) is 5.90. The molecule has 0 aliphatic rings. The molecule has 0 amide bonds. The molecule has 2 N–H and O–H groups in total. The van der Waals surface area contributed by atoms with Crippen LogP contribution in [0.2, 0.25) is 0 Å². The lowest BCUT2D eigenvalue weighted by atomic mass is 10.1. The molecular weight excluding hydrogens is 286 g/mol. The molecule has 0 saturated heterocycles. The highest BCUT2D eigenvalue weighted by atomic mass is 35.5. The van der Waals surface area contributed by atoms with Crippen molar-refractivity contribution in [2.24, 2.45) is 0 Å². The summed E-state index contributed by atoms with van der Waals surface area (Å²) in [5, 5.41) is 11.7. The summed E-state index contributed by atoms with van der Waals surface area (Å²) in [5.41, 5.74) is 1.14. The van der Waals surface area contributed by atoms with Crippen LogP contribution < -0.4 is 10.0 Å². The Morgan fingerprint density at radius 3 is 2.53 bits per heavy atom. The van der Waals surface area contributed by atoms with Crippen molar-refractivity contribution in [1.29, 1.82) is 5.26 Å². The minimum Gasteiger partial charge on any atom is -0.316 e. The van der Waals surface area contributed by atoms with Gasteiger partial charge in [-0.15, -0.1) is 12.4 Å². The summed E-state index contributed by atoms with van der Waals surface area (Å²) in [5.74, 6) is 0. The number of nitrogens with zero attached hydrogens (tertiary/aromatic N) is 1. The Morgan fingerprint density at radius 2 is 2.05 bits per heavy atom. The van der Waals surface area contributed by atoms with Gasteiger partial charge in [0, 0.05) is 12.6 Å². The number of sulfonamides is 1. The van der Waals surface area contributed by atoms with Crippen LogP contribution in [-0.2, 0) is 10.0 Å². The first-order valence-electron chi connectivity index (χ1n) is 5.58. The van der Waals surface area contributed by atoms with Gasteiger partial charge in [-0.05, 0) is 44.7 Å². The fraction of sp³-hybridized carbons (Fsp3) is 0.417. The van der Waals surface area contributed by atoms with Crippen molar-refractivity contribution in [3.05, 3.63) is 29.3 Å². The SMILES string of the molecule is CNC(C)CNS(=O)(=O)c1ccc(C#N)c(C)c1.Cl. The number of benzene rings is 1. The Hall–Kier alpha value is -1.13. The topological polar surface area (TPSA) is 82.0 Å². The number of nitrogens with one attached hydrogen (secondary N) is 2. The van der Waals surface area contributed by atoms with E-state index in [1.165, 1.54) is 18.2 Å². The summed E-state index contributed by atoms with van der Waals surface area (Å²) >= 11 is 0. The number of rotatable bonds is 5. The Balaban J connectivity index is 0.00000324. The smallest absolute Gasteiger partial charge is 0.240 e. The summed E-state index contributed by atoms with van der Waals surface area (Å²) in [6, 6.07) is 6.53. The summed E-state index contributed by atoms with van der Waals surface area (Å²) in [6.07, 6.45) is 0. The fourth-order valence-electron chi connectivity index (χ4n) is 1.35. The van der Waals surface area contributed by atoms with Gasteiger partial charge in [0.1, 0.15) is 0 Å². The van der Waals surface area contributed by atoms with Gasteiger partial charge >= 0.3 is 0 Å². The molecule has 0 aliphatic heterocycles. The van der Waals surface area contributed by atoms with Crippen LogP contribution in [0, 0.1) is 18.3 Å². The molecule has 0 saturated carbocycles. The molecule has 0 aliphatic carbocycles. The molecule has 1 unspecified atom stereocenters. The van der Waals surface area contributed by atoms with Gasteiger partial charge in [-0.1, -0.05) is 0 Å². The minimum absolute atomic E-state index is 0. The second kappa shape index (κ2) is 7.46. The van der Waals surface area contributed by atoms with Crippen LogP contribution in [0.5, 0.6) is 0 Å². The molecule has 19 heavy (non-hydrogen) atoms. The summed E-state index contributed by atoms with van der Waals surface area (Å²) in [7, 11) is -1.74. The highest BCUT2D eigenvalue weighted by Crippen LogP contribution is 2.14. The Bertz CT molecular complexity index is 567. The van der Waals surface area contributed by atoms with Gasteiger partial charge in [0.05, 0.1) is 16.5 Å². The highest BCUT2D eigenvalue weighted by molar-refractivity contribution is 7.89. The number of hydrogen-bond donors (Lipinski definition) is 2.